The molecule has 96 valence electrons. The highest BCUT2D eigenvalue weighted by Crippen LogP contribution is 2.15. The van der Waals surface area contributed by atoms with Crippen molar-refractivity contribution in [3.05, 3.63) is 16.1 Å². The van der Waals surface area contributed by atoms with Crippen molar-refractivity contribution in [3.63, 3.8) is 0 Å². The van der Waals surface area contributed by atoms with E-state index in [1.54, 1.807) is 30.0 Å². The van der Waals surface area contributed by atoms with E-state index in [1.807, 2.05) is 6.92 Å². The van der Waals surface area contributed by atoms with Crippen molar-refractivity contribution in [2.45, 2.75) is 32.1 Å². The maximum atomic E-state index is 11.4. The van der Waals surface area contributed by atoms with Crippen LogP contribution in [0.15, 0.2) is 5.38 Å². The monoisotopic (exact) mass is 274 g/mol. The van der Waals surface area contributed by atoms with Crippen molar-refractivity contribution in [3.8, 4) is 0 Å². The zero-order valence-corrected chi connectivity index (χ0v) is 11.7. The molecule has 1 heterocycles. The number of aliphatic hydroxyl groups is 1. The standard InChI is InChI=1S/C11H18N2O2S2/c1-8(5-14)12-11(15)3-4-16-6-10-7-17-9(2)13-10/h7-8,14H,3-6H2,1-2H3,(H,12,15)/t8-/m1/s1. The van der Waals surface area contributed by atoms with E-state index >= 15 is 0 Å². The summed E-state index contributed by atoms with van der Waals surface area (Å²) in [4.78, 5) is 15.7. The number of thiazole rings is 1. The summed E-state index contributed by atoms with van der Waals surface area (Å²) >= 11 is 3.35. The number of thioether (sulfide) groups is 1. The molecule has 1 amide bonds. The first-order chi connectivity index (χ1) is 8.11. The van der Waals surface area contributed by atoms with Crippen molar-refractivity contribution in [1.82, 2.24) is 10.3 Å². The summed E-state index contributed by atoms with van der Waals surface area (Å²) in [5.74, 6) is 1.63. The van der Waals surface area contributed by atoms with Crippen LogP contribution in [0.4, 0.5) is 0 Å². The van der Waals surface area contributed by atoms with Gasteiger partial charge in [0.15, 0.2) is 0 Å². The molecule has 0 fully saturated rings. The molecule has 0 unspecified atom stereocenters. The number of carbonyl (C=O) groups excluding carboxylic acids is 1. The molecule has 6 heteroatoms. The number of amides is 1. The van der Waals surface area contributed by atoms with Crippen molar-refractivity contribution < 1.29 is 9.90 Å². The van der Waals surface area contributed by atoms with E-state index in [0.29, 0.717) is 6.42 Å². The van der Waals surface area contributed by atoms with Gasteiger partial charge < -0.3 is 10.4 Å². The van der Waals surface area contributed by atoms with E-state index in [2.05, 4.69) is 15.7 Å². The van der Waals surface area contributed by atoms with Gasteiger partial charge in [0.1, 0.15) is 0 Å². The second-order valence-corrected chi connectivity index (χ2v) is 5.98. The number of carbonyl (C=O) groups is 1. The van der Waals surface area contributed by atoms with Gasteiger partial charge in [-0.15, -0.1) is 11.3 Å². The third kappa shape index (κ3) is 6.05. The largest absolute Gasteiger partial charge is 0.394 e. The maximum absolute atomic E-state index is 11.4. The van der Waals surface area contributed by atoms with Crippen LogP contribution in [0, 0.1) is 6.92 Å². The van der Waals surface area contributed by atoms with Gasteiger partial charge in [0.25, 0.3) is 0 Å². The van der Waals surface area contributed by atoms with Crippen LogP contribution < -0.4 is 5.32 Å². The predicted octanol–water partition coefficient (Wildman–Crippen LogP) is 1.57. The molecule has 1 atom stereocenters. The normalized spacial score (nSPS) is 12.4. The number of hydrogen-bond donors (Lipinski definition) is 2. The highest BCUT2D eigenvalue weighted by molar-refractivity contribution is 7.98. The molecule has 17 heavy (non-hydrogen) atoms. The van der Waals surface area contributed by atoms with Gasteiger partial charge in [-0.2, -0.15) is 11.8 Å². The molecule has 0 radical (unpaired) electrons. The molecule has 0 bridgehead atoms. The third-order valence-corrected chi connectivity index (χ3v) is 3.89. The lowest BCUT2D eigenvalue weighted by Crippen LogP contribution is -2.35. The number of nitrogens with one attached hydrogen (secondary N) is 1. The lowest BCUT2D eigenvalue weighted by molar-refractivity contribution is -0.121. The van der Waals surface area contributed by atoms with Gasteiger partial charge in [-0.25, -0.2) is 4.98 Å². The average Bonchev–Trinajstić information content (AvgIpc) is 2.70. The quantitative estimate of drug-likeness (QED) is 0.741. The molecule has 0 saturated heterocycles. The van der Waals surface area contributed by atoms with Crippen molar-refractivity contribution in [1.29, 1.82) is 0 Å². The molecule has 4 nitrogen and oxygen atoms in total. The van der Waals surface area contributed by atoms with E-state index in [0.717, 1.165) is 22.2 Å². The number of aromatic nitrogens is 1. The van der Waals surface area contributed by atoms with Crippen LogP contribution in [-0.2, 0) is 10.5 Å². The van der Waals surface area contributed by atoms with E-state index < -0.39 is 0 Å². The maximum Gasteiger partial charge on any atom is 0.221 e. The molecule has 0 aliphatic heterocycles. The highest BCUT2D eigenvalue weighted by atomic mass is 32.2. The molecular weight excluding hydrogens is 256 g/mol. The van der Waals surface area contributed by atoms with Crippen LogP contribution >= 0.6 is 23.1 Å². The fourth-order valence-corrected chi connectivity index (χ4v) is 2.76. The second kappa shape index (κ2) is 7.68. The molecule has 1 aromatic rings. The van der Waals surface area contributed by atoms with E-state index in [9.17, 15) is 4.79 Å². The number of nitrogens with zero attached hydrogens (tertiary/aromatic N) is 1. The summed E-state index contributed by atoms with van der Waals surface area (Å²) in [6, 6.07) is -0.159. The Morgan fingerprint density at radius 1 is 1.71 bits per heavy atom. The van der Waals surface area contributed by atoms with Gasteiger partial charge in [0.05, 0.1) is 17.3 Å². The SMILES string of the molecule is Cc1nc(CSCCC(=O)N[C@H](C)CO)cs1. The van der Waals surface area contributed by atoms with E-state index in [1.165, 1.54) is 0 Å². The number of hydrogen-bond acceptors (Lipinski definition) is 5. The van der Waals surface area contributed by atoms with Gasteiger partial charge in [-0.05, 0) is 13.8 Å². The summed E-state index contributed by atoms with van der Waals surface area (Å²) in [7, 11) is 0. The Bertz CT molecular complexity index is 355. The lowest BCUT2D eigenvalue weighted by atomic mass is 10.3. The number of rotatable bonds is 7. The van der Waals surface area contributed by atoms with Crippen molar-refractivity contribution in [2.75, 3.05) is 12.4 Å². The highest BCUT2D eigenvalue weighted by Gasteiger charge is 2.06. The van der Waals surface area contributed by atoms with Crippen molar-refractivity contribution in [2.24, 2.45) is 0 Å². The number of aliphatic hydroxyl groups excluding tert-OH is 1. The fraction of sp³-hybridized carbons (Fsp3) is 0.636. The first-order valence-corrected chi connectivity index (χ1v) is 7.54. The fourth-order valence-electron chi connectivity index (χ4n) is 1.21. The third-order valence-electron chi connectivity index (χ3n) is 2.07. The molecule has 1 rings (SSSR count). The Morgan fingerprint density at radius 2 is 2.47 bits per heavy atom. The van der Waals surface area contributed by atoms with Gasteiger partial charge in [-0.3, -0.25) is 4.79 Å². The van der Waals surface area contributed by atoms with Crippen LogP contribution in [0.5, 0.6) is 0 Å². The van der Waals surface area contributed by atoms with Gasteiger partial charge in [0.2, 0.25) is 5.91 Å². The molecule has 0 aliphatic carbocycles. The summed E-state index contributed by atoms with van der Waals surface area (Å²) in [6.45, 7) is 3.75. The Kier molecular flexibility index (Phi) is 6.54. The Morgan fingerprint density at radius 3 is 3.06 bits per heavy atom. The second-order valence-electron chi connectivity index (χ2n) is 3.81. The molecule has 2 N–H and O–H groups in total. The minimum absolute atomic E-state index is 0.00601. The smallest absolute Gasteiger partial charge is 0.221 e. The summed E-state index contributed by atoms with van der Waals surface area (Å²) in [5, 5.41) is 14.6. The minimum Gasteiger partial charge on any atom is -0.394 e. The van der Waals surface area contributed by atoms with Crippen LogP contribution in [0.25, 0.3) is 0 Å². The van der Waals surface area contributed by atoms with Gasteiger partial charge in [-0.1, -0.05) is 0 Å². The van der Waals surface area contributed by atoms with Crippen LogP contribution in [0.3, 0.4) is 0 Å². The van der Waals surface area contributed by atoms with Crippen LogP contribution in [0.1, 0.15) is 24.0 Å². The van der Waals surface area contributed by atoms with Gasteiger partial charge >= 0.3 is 0 Å². The van der Waals surface area contributed by atoms with E-state index in [4.69, 9.17) is 5.11 Å². The summed E-state index contributed by atoms with van der Waals surface area (Å²) in [6.07, 6.45) is 0.484. The zero-order valence-electron chi connectivity index (χ0n) is 10.1. The van der Waals surface area contributed by atoms with Crippen LogP contribution in [0.2, 0.25) is 0 Å². The average molecular weight is 274 g/mol. The lowest BCUT2D eigenvalue weighted by Gasteiger charge is -2.10. The predicted molar refractivity (Wildman–Crippen MR) is 72.3 cm³/mol. The first-order valence-electron chi connectivity index (χ1n) is 5.50. The van der Waals surface area contributed by atoms with E-state index in [-0.39, 0.29) is 18.6 Å². The summed E-state index contributed by atoms with van der Waals surface area (Å²) < 4.78 is 0. The Hall–Kier alpha value is -0.590. The van der Waals surface area contributed by atoms with Crippen molar-refractivity contribution >= 4 is 29.0 Å². The molecular formula is C11H18N2O2S2. The molecule has 0 aromatic carbocycles. The first kappa shape index (κ1) is 14.5. The molecule has 1 aromatic heterocycles. The topological polar surface area (TPSA) is 62.2 Å². The molecule has 0 spiro atoms. The molecule has 0 saturated carbocycles. The summed E-state index contributed by atoms with van der Waals surface area (Å²) in [5.41, 5.74) is 1.08. The zero-order chi connectivity index (χ0) is 12.7. The minimum atomic E-state index is -0.159. The van der Waals surface area contributed by atoms with Gasteiger partial charge in [0, 0.05) is 29.3 Å². The Labute approximate surface area is 110 Å². The Balaban J connectivity index is 2.10. The number of aryl methyl sites for hydroxylation is 1. The molecule has 0 aliphatic rings. The van der Waals surface area contributed by atoms with Crippen LogP contribution in [-0.4, -0.2) is 34.4 Å².